The van der Waals surface area contributed by atoms with Gasteiger partial charge in [-0.1, -0.05) is 97.1 Å². The van der Waals surface area contributed by atoms with Gasteiger partial charge in [-0.25, -0.2) is 0 Å². The van der Waals surface area contributed by atoms with E-state index in [-0.39, 0.29) is 13.2 Å². The number of ether oxygens (including phenoxy) is 2. The third-order valence-corrected chi connectivity index (χ3v) is 8.21. The van der Waals surface area contributed by atoms with Crippen LogP contribution in [0.3, 0.4) is 0 Å². The predicted octanol–water partition coefficient (Wildman–Crippen LogP) is 7.82. The Bertz CT molecular complexity index is 1890. The highest BCUT2D eigenvalue weighted by Crippen LogP contribution is 2.52. The maximum atomic E-state index is 14.2. The Morgan fingerprint density at radius 1 is 0.545 bits per heavy atom. The second-order valence-corrected chi connectivity index (χ2v) is 10.7. The minimum absolute atomic E-state index is 0.197. The summed E-state index contributed by atoms with van der Waals surface area (Å²) in [5, 5.41) is 1.75. The van der Waals surface area contributed by atoms with Crippen LogP contribution in [0.15, 0.2) is 109 Å². The highest BCUT2D eigenvalue weighted by molar-refractivity contribution is 6.06. The van der Waals surface area contributed by atoms with Gasteiger partial charge in [-0.15, -0.1) is 0 Å². The molecule has 7 rings (SSSR count). The van der Waals surface area contributed by atoms with Gasteiger partial charge in [0.25, 0.3) is 0 Å². The lowest BCUT2D eigenvalue weighted by atomic mass is 9.71. The molecule has 2 atom stereocenters. The molecule has 0 saturated heterocycles. The van der Waals surface area contributed by atoms with E-state index in [4.69, 9.17) is 19.4 Å². The number of esters is 2. The molecule has 1 aliphatic carbocycles. The average molecular weight is 579 g/mol. The van der Waals surface area contributed by atoms with E-state index in [1.165, 1.54) is 0 Å². The second kappa shape index (κ2) is 11.4. The Kier molecular flexibility index (Phi) is 7.10. The molecule has 0 amide bonds. The van der Waals surface area contributed by atoms with E-state index in [9.17, 15) is 9.59 Å². The van der Waals surface area contributed by atoms with Crippen LogP contribution < -0.4 is 0 Å². The highest BCUT2D eigenvalue weighted by Gasteiger charge is 2.46. The number of para-hydroxylation sites is 2. The molecular formula is C38H30N2O4. The van der Waals surface area contributed by atoms with Crippen molar-refractivity contribution in [2.24, 2.45) is 0 Å². The van der Waals surface area contributed by atoms with E-state index in [0.29, 0.717) is 22.5 Å². The van der Waals surface area contributed by atoms with Gasteiger partial charge in [0, 0.05) is 21.9 Å². The fourth-order valence-corrected chi connectivity index (χ4v) is 6.53. The molecule has 2 heterocycles. The van der Waals surface area contributed by atoms with Gasteiger partial charge in [0.1, 0.15) is 11.8 Å². The number of nitrogens with zero attached hydrogens (tertiary/aromatic N) is 2. The molecule has 216 valence electrons. The van der Waals surface area contributed by atoms with Crippen molar-refractivity contribution < 1.29 is 19.1 Å². The molecule has 0 aliphatic heterocycles. The number of fused-ring (bicyclic) bond motifs is 4. The molecule has 0 N–H and O–H groups in total. The average Bonchev–Trinajstić information content (AvgIpc) is 3.06. The largest absolute Gasteiger partial charge is 0.465 e. The van der Waals surface area contributed by atoms with Gasteiger partial charge in [-0.05, 0) is 48.2 Å². The Balaban J connectivity index is 1.70. The van der Waals surface area contributed by atoms with Crippen LogP contribution >= 0.6 is 0 Å². The van der Waals surface area contributed by atoms with Crippen LogP contribution in [-0.4, -0.2) is 35.1 Å². The smallest absolute Gasteiger partial charge is 0.319 e. The fourth-order valence-electron chi connectivity index (χ4n) is 6.53. The van der Waals surface area contributed by atoms with E-state index in [0.717, 1.165) is 44.1 Å². The summed E-state index contributed by atoms with van der Waals surface area (Å²) in [4.78, 5) is 38.8. The van der Waals surface area contributed by atoms with Gasteiger partial charge < -0.3 is 9.47 Å². The van der Waals surface area contributed by atoms with Crippen molar-refractivity contribution >= 4 is 33.7 Å². The van der Waals surface area contributed by atoms with E-state index in [2.05, 4.69) is 0 Å². The summed E-state index contributed by atoms with van der Waals surface area (Å²) in [6.07, 6.45) is 0. The SMILES string of the molecule is CCOC(=O)C1c2nc3ccccc3c(-c3ccccc3)c2C(C(=O)OCC)c2nc3ccccc3c(-c3ccccc3)c21. The molecule has 1 aliphatic rings. The van der Waals surface area contributed by atoms with Crippen molar-refractivity contribution in [1.82, 2.24) is 9.97 Å². The zero-order valence-corrected chi connectivity index (χ0v) is 24.5. The van der Waals surface area contributed by atoms with Crippen LogP contribution in [0.1, 0.15) is 48.2 Å². The quantitative estimate of drug-likeness (QED) is 0.188. The van der Waals surface area contributed by atoms with Crippen LogP contribution in [0.2, 0.25) is 0 Å². The molecule has 0 saturated carbocycles. The molecule has 6 heteroatoms. The standard InChI is InChI=1S/C38H30N2O4/c1-3-43-37(41)33-31-29(23-15-7-5-8-16-23)25-19-11-14-22-28(25)40-36(31)34(38(42)44-4-2)32-30(24-17-9-6-10-18-24)26-20-12-13-21-27(26)39-35(32)33/h5-22,33-34H,3-4H2,1-2H3. The lowest BCUT2D eigenvalue weighted by Gasteiger charge is -2.34. The van der Waals surface area contributed by atoms with Crippen LogP contribution in [0, 0.1) is 0 Å². The number of aromatic nitrogens is 2. The lowest BCUT2D eigenvalue weighted by molar-refractivity contribution is -0.146. The first-order valence-electron chi connectivity index (χ1n) is 14.9. The number of benzene rings is 4. The van der Waals surface area contributed by atoms with Crippen molar-refractivity contribution in [1.29, 1.82) is 0 Å². The van der Waals surface area contributed by atoms with Crippen molar-refractivity contribution in [2.75, 3.05) is 13.2 Å². The normalized spacial score (nSPS) is 15.4. The molecule has 2 aromatic heterocycles. The van der Waals surface area contributed by atoms with Crippen LogP contribution in [-0.2, 0) is 19.1 Å². The third-order valence-electron chi connectivity index (χ3n) is 8.21. The number of rotatable bonds is 6. The summed E-state index contributed by atoms with van der Waals surface area (Å²) in [5.74, 6) is -2.73. The number of carbonyl (C=O) groups is 2. The van der Waals surface area contributed by atoms with Gasteiger partial charge in [-0.2, -0.15) is 0 Å². The van der Waals surface area contributed by atoms with E-state index in [1.54, 1.807) is 13.8 Å². The zero-order chi connectivity index (χ0) is 30.2. The number of carbonyl (C=O) groups excluding carboxylic acids is 2. The van der Waals surface area contributed by atoms with Gasteiger partial charge in [0.15, 0.2) is 0 Å². The van der Waals surface area contributed by atoms with Crippen molar-refractivity contribution in [3.8, 4) is 22.3 Å². The van der Waals surface area contributed by atoms with Gasteiger partial charge in [0.2, 0.25) is 0 Å². The predicted molar refractivity (Wildman–Crippen MR) is 171 cm³/mol. The highest BCUT2D eigenvalue weighted by atomic mass is 16.5. The monoisotopic (exact) mass is 578 g/mol. The van der Waals surface area contributed by atoms with Crippen LogP contribution in [0.5, 0.6) is 0 Å². The summed E-state index contributed by atoms with van der Waals surface area (Å²) in [5.41, 5.74) is 7.16. The Morgan fingerprint density at radius 2 is 0.909 bits per heavy atom. The van der Waals surface area contributed by atoms with Crippen molar-refractivity contribution in [3.05, 3.63) is 132 Å². The molecule has 6 aromatic rings. The Morgan fingerprint density at radius 3 is 1.30 bits per heavy atom. The molecule has 4 aromatic carbocycles. The summed E-state index contributed by atoms with van der Waals surface area (Å²) in [6.45, 7) is 3.98. The lowest BCUT2D eigenvalue weighted by Crippen LogP contribution is -2.33. The van der Waals surface area contributed by atoms with Gasteiger partial charge >= 0.3 is 11.9 Å². The maximum Gasteiger partial charge on any atom is 0.319 e. The number of hydrogen-bond donors (Lipinski definition) is 0. The van der Waals surface area contributed by atoms with E-state index in [1.807, 2.05) is 109 Å². The molecule has 0 radical (unpaired) electrons. The van der Waals surface area contributed by atoms with Gasteiger partial charge in [0.05, 0.1) is 35.6 Å². The summed E-state index contributed by atoms with van der Waals surface area (Å²) < 4.78 is 11.6. The topological polar surface area (TPSA) is 78.4 Å². The van der Waals surface area contributed by atoms with Crippen molar-refractivity contribution in [3.63, 3.8) is 0 Å². The summed E-state index contributed by atoms with van der Waals surface area (Å²) in [6, 6.07) is 35.5. The van der Waals surface area contributed by atoms with Crippen LogP contribution in [0.4, 0.5) is 0 Å². The van der Waals surface area contributed by atoms with Crippen molar-refractivity contribution in [2.45, 2.75) is 25.7 Å². The van der Waals surface area contributed by atoms with E-state index >= 15 is 0 Å². The minimum atomic E-state index is -0.926. The van der Waals surface area contributed by atoms with E-state index < -0.39 is 23.8 Å². The third kappa shape index (κ3) is 4.42. The molecule has 2 unspecified atom stereocenters. The summed E-state index contributed by atoms with van der Waals surface area (Å²) in [7, 11) is 0. The van der Waals surface area contributed by atoms with Crippen LogP contribution in [0.25, 0.3) is 44.1 Å². The number of hydrogen-bond acceptors (Lipinski definition) is 6. The number of pyridine rings is 2. The molecular weight excluding hydrogens is 548 g/mol. The fraction of sp³-hybridized carbons (Fsp3) is 0.158. The molecule has 0 spiro atoms. The molecule has 0 bridgehead atoms. The summed E-state index contributed by atoms with van der Waals surface area (Å²) >= 11 is 0. The van der Waals surface area contributed by atoms with Gasteiger partial charge in [-0.3, -0.25) is 19.6 Å². The Hall–Kier alpha value is -5.36. The first kappa shape index (κ1) is 27.5. The molecule has 0 fully saturated rings. The maximum absolute atomic E-state index is 14.2. The molecule has 6 nitrogen and oxygen atoms in total. The zero-order valence-electron chi connectivity index (χ0n) is 24.5. The Labute approximate surface area is 255 Å². The first-order chi connectivity index (χ1) is 21.6. The second-order valence-electron chi connectivity index (χ2n) is 10.7. The first-order valence-corrected chi connectivity index (χ1v) is 14.9. The minimum Gasteiger partial charge on any atom is -0.465 e. The molecule has 44 heavy (non-hydrogen) atoms.